The summed E-state index contributed by atoms with van der Waals surface area (Å²) >= 11 is 0. The molecule has 0 aliphatic carbocycles. The smallest absolute Gasteiger partial charge is 0.410 e. The molecule has 2 aliphatic rings. The number of carbonyl (C=O) groups is 3. The zero-order valence-electron chi connectivity index (χ0n) is 16.3. The molecule has 2 aliphatic heterocycles. The minimum Gasteiger partial charge on any atom is -0.444 e. The number of anilines is 2. The van der Waals surface area contributed by atoms with E-state index >= 15 is 0 Å². The lowest BCUT2D eigenvalue weighted by molar-refractivity contribution is -0.128. The maximum Gasteiger partial charge on any atom is 0.410 e. The summed E-state index contributed by atoms with van der Waals surface area (Å²) in [6, 6.07) is 3.60. The number of ether oxygens (including phenoxy) is 1. The molecule has 0 spiro atoms. The Morgan fingerprint density at radius 3 is 2.57 bits per heavy atom. The molecular weight excluding hydrogens is 362 g/mol. The van der Waals surface area contributed by atoms with Crippen molar-refractivity contribution in [1.29, 1.82) is 0 Å². The Labute approximate surface area is 163 Å². The number of nitrogens with zero attached hydrogens (tertiary/aromatic N) is 3. The van der Waals surface area contributed by atoms with Gasteiger partial charge in [-0.05, 0) is 32.9 Å². The van der Waals surface area contributed by atoms with E-state index in [0.717, 1.165) is 5.82 Å². The van der Waals surface area contributed by atoms with Crippen LogP contribution < -0.4 is 15.5 Å². The van der Waals surface area contributed by atoms with Crippen LogP contribution in [0.2, 0.25) is 0 Å². The summed E-state index contributed by atoms with van der Waals surface area (Å²) in [6.45, 7) is 7.90. The Kier molecular flexibility index (Phi) is 5.53. The molecule has 3 heterocycles. The van der Waals surface area contributed by atoms with E-state index in [1.165, 1.54) is 0 Å². The first kappa shape index (κ1) is 19.7. The van der Waals surface area contributed by atoms with Crippen LogP contribution in [0.4, 0.5) is 16.3 Å². The van der Waals surface area contributed by atoms with Crippen LogP contribution in [0.25, 0.3) is 0 Å². The molecule has 28 heavy (non-hydrogen) atoms. The molecule has 1 saturated heterocycles. The zero-order valence-corrected chi connectivity index (χ0v) is 16.3. The fourth-order valence-corrected chi connectivity index (χ4v) is 2.91. The molecule has 1 fully saturated rings. The minimum atomic E-state index is -0.513. The molecule has 0 bridgehead atoms. The summed E-state index contributed by atoms with van der Waals surface area (Å²) < 4.78 is 5.41. The first-order valence-electron chi connectivity index (χ1n) is 9.21. The van der Waals surface area contributed by atoms with E-state index in [4.69, 9.17) is 4.74 Å². The summed E-state index contributed by atoms with van der Waals surface area (Å²) in [7, 11) is 0. The summed E-state index contributed by atoms with van der Waals surface area (Å²) in [5, 5.41) is 5.30. The predicted octanol–water partition coefficient (Wildman–Crippen LogP) is 1.48. The van der Waals surface area contributed by atoms with Crippen molar-refractivity contribution in [2.75, 3.05) is 36.4 Å². The molecule has 3 amide bonds. The number of pyridine rings is 1. The average molecular weight is 387 g/mol. The van der Waals surface area contributed by atoms with Gasteiger partial charge in [-0.1, -0.05) is 0 Å². The summed E-state index contributed by atoms with van der Waals surface area (Å²) in [4.78, 5) is 43.4. The first-order valence-corrected chi connectivity index (χ1v) is 9.21. The number of amides is 3. The lowest BCUT2D eigenvalue weighted by Crippen LogP contribution is -2.50. The second-order valence-electron chi connectivity index (χ2n) is 7.68. The number of hydrogen-bond donors (Lipinski definition) is 2. The molecule has 0 atom stereocenters. The first-order chi connectivity index (χ1) is 13.2. The predicted molar refractivity (Wildman–Crippen MR) is 104 cm³/mol. The molecule has 2 N–H and O–H groups in total. The molecule has 9 nitrogen and oxygen atoms in total. The van der Waals surface area contributed by atoms with Crippen molar-refractivity contribution in [3.8, 4) is 0 Å². The number of carbonyl (C=O) groups excluding carboxylic acids is 3. The Hall–Kier alpha value is -3.10. The average Bonchev–Trinajstić information content (AvgIpc) is 2.63. The van der Waals surface area contributed by atoms with Crippen molar-refractivity contribution in [2.45, 2.75) is 32.8 Å². The van der Waals surface area contributed by atoms with Crippen molar-refractivity contribution in [3.05, 3.63) is 30.1 Å². The lowest BCUT2D eigenvalue weighted by Gasteiger charge is -2.36. The van der Waals surface area contributed by atoms with Gasteiger partial charge in [-0.2, -0.15) is 0 Å². The molecule has 150 valence electrons. The quantitative estimate of drug-likeness (QED) is 0.757. The summed E-state index contributed by atoms with van der Waals surface area (Å²) in [5.74, 6) is -0.00357. The molecule has 0 saturated carbocycles. The van der Waals surface area contributed by atoms with Crippen molar-refractivity contribution in [1.82, 2.24) is 15.2 Å². The van der Waals surface area contributed by atoms with Gasteiger partial charge in [-0.15, -0.1) is 0 Å². The van der Waals surface area contributed by atoms with Crippen molar-refractivity contribution < 1.29 is 19.1 Å². The number of rotatable bonds is 3. The molecule has 0 unspecified atom stereocenters. The standard InChI is InChI=1S/C19H25N5O4/c1-19(2,3)28-18(27)24-10-8-23(9-11-24)15-12-13(6-7-20-15)21-14-4-5-16(25)22-17(14)26/h4,6-7,12H,5,8-11H2,1-3H3,(H,20,21)(H,22,25,26). The van der Waals surface area contributed by atoms with Gasteiger partial charge in [0.05, 0.1) is 0 Å². The van der Waals surface area contributed by atoms with Gasteiger partial charge in [0.15, 0.2) is 0 Å². The van der Waals surface area contributed by atoms with Crippen LogP contribution in [-0.4, -0.2) is 59.6 Å². The maximum absolute atomic E-state index is 12.2. The lowest BCUT2D eigenvalue weighted by atomic mass is 10.2. The van der Waals surface area contributed by atoms with Gasteiger partial charge in [-0.3, -0.25) is 14.9 Å². The van der Waals surface area contributed by atoms with Crippen LogP contribution in [0.3, 0.4) is 0 Å². The van der Waals surface area contributed by atoms with Crippen LogP contribution in [0.15, 0.2) is 30.1 Å². The monoisotopic (exact) mass is 387 g/mol. The van der Waals surface area contributed by atoms with Crippen molar-refractivity contribution in [3.63, 3.8) is 0 Å². The molecule has 3 rings (SSSR count). The van der Waals surface area contributed by atoms with E-state index in [2.05, 4.69) is 20.5 Å². The highest BCUT2D eigenvalue weighted by Gasteiger charge is 2.26. The van der Waals surface area contributed by atoms with Gasteiger partial charge in [0.2, 0.25) is 5.91 Å². The van der Waals surface area contributed by atoms with E-state index in [9.17, 15) is 14.4 Å². The normalized spacial score (nSPS) is 17.8. The number of piperazine rings is 1. The van der Waals surface area contributed by atoms with Crippen molar-refractivity contribution >= 4 is 29.4 Å². The highest BCUT2D eigenvalue weighted by atomic mass is 16.6. The Bertz CT molecular complexity index is 807. The van der Waals surface area contributed by atoms with Crippen LogP contribution >= 0.6 is 0 Å². The van der Waals surface area contributed by atoms with Crippen LogP contribution in [0.1, 0.15) is 27.2 Å². The fourth-order valence-electron chi connectivity index (χ4n) is 2.91. The second kappa shape index (κ2) is 7.87. The number of hydrogen-bond acceptors (Lipinski definition) is 7. The van der Waals surface area contributed by atoms with Gasteiger partial charge < -0.3 is 19.9 Å². The summed E-state index contributed by atoms with van der Waals surface area (Å²) in [5.41, 5.74) is 0.530. The third-order valence-electron chi connectivity index (χ3n) is 4.27. The third-order valence-corrected chi connectivity index (χ3v) is 4.27. The highest BCUT2D eigenvalue weighted by Crippen LogP contribution is 2.21. The van der Waals surface area contributed by atoms with E-state index in [1.807, 2.05) is 26.8 Å². The SMILES string of the molecule is CC(C)(C)OC(=O)N1CCN(c2cc(NC3=CCC(=O)NC3=O)ccn2)CC1. The minimum absolute atomic E-state index is 0.165. The topological polar surface area (TPSA) is 104 Å². The molecular formula is C19H25N5O4. The fraction of sp³-hybridized carbons (Fsp3) is 0.474. The molecule has 1 aromatic heterocycles. The molecule has 9 heteroatoms. The maximum atomic E-state index is 12.2. The number of imide groups is 1. The second-order valence-corrected chi connectivity index (χ2v) is 7.68. The van der Waals surface area contributed by atoms with Crippen LogP contribution in [0, 0.1) is 0 Å². The van der Waals surface area contributed by atoms with E-state index in [0.29, 0.717) is 37.6 Å². The Morgan fingerprint density at radius 2 is 1.93 bits per heavy atom. The Morgan fingerprint density at radius 1 is 1.21 bits per heavy atom. The molecule has 1 aromatic rings. The van der Waals surface area contributed by atoms with Crippen molar-refractivity contribution in [2.24, 2.45) is 0 Å². The highest BCUT2D eigenvalue weighted by molar-refractivity contribution is 6.08. The number of nitrogens with one attached hydrogen (secondary N) is 2. The van der Waals surface area contributed by atoms with Crippen LogP contribution in [-0.2, 0) is 14.3 Å². The van der Waals surface area contributed by atoms with E-state index in [1.54, 1.807) is 23.2 Å². The van der Waals surface area contributed by atoms with Gasteiger partial charge >= 0.3 is 6.09 Å². The molecule has 0 aromatic carbocycles. The van der Waals surface area contributed by atoms with Gasteiger partial charge in [0.1, 0.15) is 17.1 Å². The van der Waals surface area contributed by atoms with Gasteiger partial charge in [0.25, 0.3) is 5.91 Å². The molecule has 0 radical (unpaired) electrons. The van der Waals surface area contributed by atoms with E-state index in [-0.39, 0.29) is 18.4 Å². The van der Waals surface area contributed by atoms with Gasteiger partial charge in [-0.25, -0.2) is 9.78 Å². The Balaban J connectivity index is 1.60. The summed E-state index contributed by atoms with van der Waals surface area (Å²) in [6.07, 6.45) is 3.09. The van der Waals surface area contributed by atoms with Gasteiger partial charge in [0, 0.05) is 50.6 Å². The zero-order chi connectivity index (χ0) is 20.3. The largest absolute Gasteiger partial charge is 0.444 e. The number of aromatic nitrogens is 1. The third kappa shape index (κ3) is 4.99. The van der Waals surface area contributed by atoms with E-state index < -0.39 is 11.5 Å². The van der Waals surface area contributed by atoms with Crippen LogP contribution in [0.5, 0.6) is 0 Å².